The Bertz CT molecular complexity index is 884. The van der Waals surface area contributed by atoms with E-state index in [1.807, 2.05) is 24.4 Å². The fraction of sp³-hybridized carbons (Fsp3) is 0.222. The second-order valence-corrected chi connectivity index (χ2v) is 6.26. The summed E-state index contributed by atoms with van der Waals surface area (Å²) in [4.78, 5) is 16.7. The Hall–Kier alpha value is -2.53. The normalized spacial score (nSPS) is 16.6. The number of benzene rings is 1. The van der Waals surface area contributed by atoms with Gasteiger partial charge in [0.2, 0.25) is 0 Å². The molecule has 1 aliphatic heterocycles. The molecule has 0 saturated carbocycles. The Kier molecular flexibility index (Phi) is 3.86. The van der Waals surface area contributed by atoms with Crippen LogP contribution in [-0.4, -0.2) is 21.5 Å². The minimum atomic E-state index is -0.207. The molecule has 3 heterocycles. The smallest absolute Gasteiger partial charge is 0.287 e. The van der Waals surface area contributed by atoms with E-state index >= 15 is 0 Å². The van der Waals surface area contributed by atoms with E-state index in [1.165, 1.54) is 0 Å². The highest BCUT2D eigenvalue weighted by Gasteiger charge is 2.22. The molecule has 6 heteroatoms. The first-order valence-electron chi connectivity index (χ1n) is 7.86. The first kappa shape index (κ1) is 15.0. The number of halogens is 1. The molecule has 0 aliphatic carbocycles. The van der Waals surface area contributed by atoms with Crippen molar-refractivity contribution in [3.8, 4) is 11.3 Å². The van der Waals surface area contributed by atoms with Gasteiger partial charge >= 0.3 is 0 Å². The molecule has 3 aromatic rings. The lowest BCUT2D eigenvalue weighted by atomic mass is 10.1. The van der Waals surface area contributed by atoms with Crippen LogP contribution in [0.1, 0.15) is 22.8 Å². The van der Waals surface area contributed by atoms with E-state index in [-0.39, 0.29) is 11.9 Å². The Labute approximate surface area is 144 Å². The van der Waals surface area contributed by atoms with E-state index in [1.54, 1.807) is 24.4 Å². The number of aryl methyl sites for hydroxylation is 1. The zero-order chi connectivity index (χ0) is 16.5. The standard InChI is InChI=1S/C18H16ClN3O2/c19-14-4-2-1-3-13(14)15-6-7-16(24-15)18(23)21-12-5-8-17-20-9-10-22(17)11-12/h1-4,6-7,9-10,12H,5,8,11H2,(H,21,23). The van der Waals surface area contributed by atoms with Crippen molar-refractivity contribution in [3.05, 3.63) is 65.4 Å². The molecule has 0 spiro atoms. The number of furan rings is 1. The van der Waals surface area contributed by atoms with Crippen LogP contribution in [0.15, 0.2) is 53.2 Å². The first-order valence-corrected chi connectivity index (χ1v) is 8.24. The maximum Gasteiger partial charge on any atom is 0.287 e. The molecule has 0 saturated heterocycles. The summed E-state index contributed by atoms with van der Waals surface area (Å²) in [6.07, 6.45) is 5.47. The van der Waals surface area contributed by atoms with Gasteiger partial charge in [0.05, 0.1) is 5.02 Å². The predicted octanol–water partition coefficient (Wildman–Crippen LogP) is 3.54. The van der Waals surface area contributed by atoms with E-state index in [2.05, 4.69) is 14.9 Å². The van der Waals surface area contributed by atoms with Gasteiger partial charge in [0.15, 0.2) is 5.76 Å². The fourth-order valence-corrected chi connectivity index (χ4v) is 3.24. The molecule has 0 radical (unpaired) electrons. The van der Waals surface area contributed by atoms with Crippen LogP contribution in [0.2, 0.25) is 5.02 Å². The average Bonchev–Trinajstić information content (AvgIpc) is 3.24. The number of nitrogens with zero attached hydrogens (tertiary/aromatic N) is 2. The van der Waals surface area contributed by atoms with Crippen LogP contribution in [0.3, 0.4) is 0 Å². The summed E-state index contributed by atoms with van der Waals surface area (Å²) >= 11 is 6.17. The molecule has 1 atom stereocenters. The highest BCUT2D eigenvalue weighted by molar-refractivity contribution is 6.33. The van der Waals surface area contributed by atoms with Crippen LogP contribution in [0, 0.1) is 0 Å². The number of carbonyl (C=O) groups excluding carboxylic acids is 1. The maximum atomic E-state index is 12.4. The van der Waals surface area contributed by atoms with Crippen molar-refractivity contribution < 1.29 is 9.21 Å². The van der Waals surface area contributed by atoms with E-state index in [0.29, 0.717) is 16.5 Å². The van der Waals surface area contributed by atoms with Crippen molar-refractivity contribution in [2.75, 3.05) is 0 Å². The largest absolute Gasteiger partial charge is 0.451 e. The Morgan fingerprint density at radius 3 is 3.04 bits per heavy atom. The Morgan fingerprint density at radius 2 is 2.17 bits per heavy atom. The van der Waals surface area contributed by atoms with Crippen molar-refractivity contribution in [2.45, 2.75) is 25.4 Å². The van der Waals surface area contributed by atoms with E-state index in [4.69, 9.17) is 16.0 Å². The summed E-state index contributed by atoms with van der Waals surface area (Å²) in [5, 5.41) is 3.63. The van der Waals surface area contributed by atoms with Crippen molar-refractivity contribution in [2.24, 2.45) is 0 Å². The van der Waals surface area contributed by atoms with Crippen LogP contribution < -0.4 is 5.32 Å². The zero-order valence-corrected chi connectivity index (χ0v) is 13.7. The summed E-state index contributed by atoms with van der Waals surface area (Å²) in [5.74, 6) is 1.74. The van der Waals surface area contributed by atoms with E-state index < -0.39 is 0 Å². The second-order valence-electron chi connectivity index (χ2n) is 5.85. The molecule has 5 nitrogen and oxygen atoms in total. The van der Waals surface area contributed by atoms with Gasteiger partial charge in [0.1, 0.15) is 11.6 Å². The number of hydrogen-bond donors (Lipinski definition) is 1. The molecule has 0 bridgehead atoms. The van der Waals surface area contributed by atoms with Gasteiger partial charge in [-0.15, -0.1) is 0 Å². The number of aromatic nitrogens is 2. The number of imidazole rings is 1. The third kappa shape index (κ3) is 2.83. The number of rotatable bonds is 3. The quantitative estimate of drug-likeness (QED) is 0.792. The van der Waals surface area contributed by atoms with Crippen molar-refractivity contribution in [3.63, 3.8) is 0 Å². The number of amides is 1. The van der Waals surface area contributed by atoms with Crippen LogP contribution in [-0.2, 0) is 13.0 Å². The molecule has 2 aromatic heterocycles. The highest BCUT2D eigenvalue weighted by atomic mass is 35.5. The third-order valence-corrected chi connectivity index (χ3v) is 4.57. The number of carbonyl (C=O) groups is 1. The summed E-state index contributed by atoms with van der Waals surface area (Å²) in [5.41, 5.74) is 0.777. The van der Waals surface area contributed by atoms with Gasteiger partial charge in [-0.2, -0.15) is 0 Å². The summed E-state index contributed by atoms with van der Waals surface area (Å²) in [6.45, 7) is 0.735. The van der Waals surface area contributed by atoms with Gasteiger partial charge in [-0.1, -0.05) is 23.7 Å². The van der Waals surface area contributed by atoms with Gasteiger partial charge in [0, 0.05) is 37.0 Å². The van der Waals surface area contributed by atoms with Crippen LogP contribution in [0.5, 0.6) is 0 Å². The molecule has 0 fully saturated rings. The molecular weight excluding hydrogens is 326 g/mol. The number of fused-ring (bicyclic) bond motifs is 1. The molecule has 1 N–H and O–H groups in total. The summed E-state index contributed by atoms with van der Waals surface area (Å²) in [6, 6.07) is 10.9. The lowest BCUT2D eigenvalue weighted by Gasteiger charge is -2.24. The van der Waals surface area contributed by atoms with Crippen molar-refractivity contribution in [1.29, 1.82) is 0 Å². The monoisotopic (exact) mass is 341 g/mol. The van der Waals surface area contributed by atoms with Crippen LogP contribution >= 0.6 is 11.6 Å². The Balaban J connectivity index is 1.47. The SMILES string of the molecule is O=C(NC1CCc2nccn2C1)c1ccc(-c2ccccc2Cl)o1. The molecular formula is C18H16ClN3O2. The molecule has 122 valence electrons. The summed E-state index contributed by atoms with van der Waals surface area (Å²) in [7, 11) is 0. The fourth-order valence-electron chi connectivity index (χ4n) is 3.01. The van der Waals surface area contributed by atoms with Gasteiger partial charge < -0.3 is 14.3 Å². The van der Waals surface area contributed by atoms with Crippen LogP contribution in [0.25, 0.3) is 11.3 Å². The lowest BCUT2D eigenvalue weighted by molar-refractivity contribution is 0.0900. The minimum absolute atomic E-state index is 0.0769. The molecule has 4 rings (SSSR count). The summed E-state index contributed by atoms with van der Waals surface area (Å²) < 4.78 is 7.77. The number of nitrogens with one attached hydrogen (secondary N) is 1. The lowest BCUT2D eigenvalue weighted by Crippen LogP contribution is -2.40. The van der Waals surface area contributed by atoms with Crippen molar-refractivity contribution in [1.82, 2.24) is 14.9 Å². The molecule has 1 unspecified atom stereocenters. The van der Waals surface area contributed by atoms with Crippen LogP contribution in [0.4, 0.5) is 0 Å². The second kappa shape index (κ2) is 6.17. The van der Waals surface area contributed by atoms with Gasteiger partial charge in [-0.25, -0.2) is 4.98 Å². The van der Waals surface area contributed by atoms with Gasteiger partial charge in [-0.3, -0.25) is 4.79 Å². The average molecular weight is 342 g/mol. The topological polar surface area (TPSA) is 60.1 Å². The van der Waals surface area contributed by atoms with E-state index in [9.17, 15) is 4.79 Å². The number of hydrogen-bond acceptors (Lipinski definition) is 3. The molecule has 1 aliphatic rings. The van der Waals surface area contributed by atoms with Gasteiger partial charge in [-0.05, 0) is 30.7 Å². The predicted molar refractivity (Wildman–Crippen MR) is 91.0 cm³/mol. The van der Waals surface area contributed by atoms with Crippen molar-refractivity contribution >= 4 is 17.5 Å². The maximum absolute atomic E-state index is 12.4. The van der Waals surface area contributed by atoms with Gasteiger partial charge in [0.25, 0.3) is 5.91 Å². The van der Waals surface area contributed by atoms with E-state index in [0.717, 1.165) is 30.8 Å². The third-order valence-electron chi connectivity index (χ3n) is 4.24. The zero-order valence-electron chi connectivity index (χ0n) is 12.9. The molecule has 24 heavy (non-hydrogen) atoms. The molecule has 1 amide bonds. The Morgan fingerprint density at radius 1 is 1.29 bits per heavy atom. The first-order chi connectivity index (χ1) is 11.7. The minimum Gasteiger partial charge on any atom is -0.451 e. The highest BCUT2D eigenvalue weighted by Crippen LogP contribution is 2.29. The molecule has 1 aromatic carbocycles.